The number of rotatable bonds is 6. The molecule has 4 nitrogen and oxygen atoms in total. The van der Waals surface area contributed by atoms with Crippen molar-refractivity contribution < 1.29 is 19.1 Å². The number of carbonyl (C=O) groups excluding carboxylic acids is 2. The summed E-state index contributed by atoms with van der Waals surface area (Å²) in [5, 5.41) is 0. The van der Waals surface area contributed by atoms with Gasteiger partial charge in [0.1, 0.15) is 13.2 Å². The molecular weight excluding hydrogens is 256 g/mol. The Kier molecular flexibility index (Phi) is 5.94. The molecule has 0 aromatic heterocycles. The molecule has 0 saturated carbocycles. The third-order valence-corrected chi connectivity index (χ3v) is 2.38. The number of halogens is 1. The second kappa shape index (κ2) is 7.50. The van der Waals surface area contributed by atoms with Gasteiger partial charge in [0.25, 0.3) is 0 Å². The standard InChI is InChI=1S/C13H13ClO4/c1-2-12(15)17-7-8-18-13(16)11-5-3-10(9-14)4-6-11/h2-6H,1,7-9H2. The first kappa shape index (κ1) is 14.3. The zero-order chi connectivity index (χ0) is 13.4. The fourth-order valence-corrected chi connectivity index (χ4v) is 1.33. The Hall–Kier alpha value is -1.81. The van der Waals surface area contributed by atoms with E-state index in [9.17, 15) is 9.59 Å². The first-order valence-corrected chi connectivity index (χ1v) is 5.82. The molecule has 1 aromatic carbocycles. The first-order chi connectivity index (χ1) is 8.67. The highest BCUT2D eigenvalue weighted by Gasteiger charge is 2.06. The van der Waals surface area contributed by atoms with Crippen molar-refractivity contribution in [3.63, 3.8) is 0 Å². The summed E-state index contributed by atoms with van der Waals surface area (Å²) in [5.74, 6) is -0.615. The van der Waals surface area contributed by atoms with Gasteiger partial charge in [-0.3, -0.25) is 0 Å². The Labute approximate surface area is 110 Å². The molecule has 0 fully saturated rings. The van der Waals surface area contributed by atoms with Gasteiger partial charge in [-0.2, -0.15) is 0 Å². The van der Waals surface area contributed by atoms with E-state index >= 15 is 0 Å². The summed E-state index contributed by atoms with van der Waals surface area (Å²) < 4.78 is 9.58. The van der Waals surface area contributed by atoms with Crippen LogP contribution >= 0.6 is 11.6 Å². The van der Waals surface area contributed by atoms with Crippen LogP contribution in [-0.2, 0) is 20.1 Å². The first-order valence-electron chi connectivity index (χ1n) is 5.28. The SMILES string of the molecule is C=CC(=O)OCCOC(=O)c1ccc(CCl)cc1. The number of ether oxygens (including phenoxy) is 2. The maximum atomic E-state index is 11.5. The lowest BCUT2D eigenvalue weighted by Crippen LogP contribution is -2.12. The molecule has 1 aromatic rings. The van der Waals surface area contributed by atoms with Crippen LogP contribution in [0.4, 0.5) is 0 Å². The monoisotopic (exact) mass is 268 g/mol. The number of alkyl halides is 1. The van der Waals surface area contributed by atoms with Gasteiger partial charge < -0.3 is 9.47 Å². The lowest BCUT2D eigenvalue weighted by atomic mass is 10.1. The van der Waals surface area contributed by atoms with Gasteiger partial charge in [0.05, 0.1) is 5.56 Å². The summed E-state index contributed by atoms with van der Waals surface area (Å²) in [6.07, 6.45) is 1.05. The lowest BCUT2D eigenvalue weighted by molar-refractivity contribution is -0.138. The van der Waals surface area contributed by atoms with Crippen LogP contribution in [-0.4, -0.2) is 25.2 Å². The van der Waals surface area contributed by atoms with Crippen molar-refractivity contribution in [3.8, 4) is 0 Å². The third kappa shape index (κ3) is 4.59. The van der Waals surface area contributed by atoms with Crippen molar-refractivity contribution in [1.29, 1.82) is 0 Å². The van der Waals surface area contributed by atoms with Gasteiger partial charge in [-0.05, 0) is 17.7 Å². The summed E-state index contributed by atoms with van der Waals surface area (Å²) in [6.45, 7) is 3.27. The maximum absolute atomic E-state index is 11.5. The molecule has 0 radical (unpaired) electrons. The van der Waals surface area contributed by atoms with Crippen LogP contribution < -0.4 is 0 Å². The summed E-state index contributed by atoms with van der Waals surface area (Å²) in [5.41, 5.74) is 1.35. The van der Waals surface area contributed by atoms with Gasteiger partial charge in [-0.15, -0.1) is 11.6 Å². The molecule has 0 aliphatic carbocycles. The Morgan fingerprint density at radius 3 is 2.33 bits per heavy atom. The van der Waals surface area contributed by atoms with Crippen molar-refractivity contribution in [2.45, 2.75) is 5.88 Å². The smallest absolute Gasteiger partial charge is 0.338 e. The predicted octanol–water partition coefficient (Wildman–Crippen LogP) is 2.31. The van der Waals surface area contributed by atoms with Gasteiger partial charge in [-0.1, -0.05) is 18.7 Å². The highest BCUT2D eigenvalue weighted by atomic mass is 35.5. The molecular formula is C13H13ClO4. The molecule has 0 aliphatic rings. The molecule has 5 heteroatoms. The molecule has 0 amide bonds. The van der Waals surface area contributed by atoms with Crippen molar-refractivity contribution in [2.75, 3.05) is 13.2 Å². The van der Waals surface area contributed by atoms with Crippen LogP contribution in [0.1, 0.15) is 15.9 Å². The van der Waals surface area contributed by atoms with Crippen molar-refractivity contribution >= 4 is 23.5 Å². The van der Waals surface area contributed by atoms with Crippen LogP contribution in [0, 0.1) is 0 Å². The average molecular weight is 269 g/mol. The summed E-state index contributed by atoms with van der Waals surface area (Å²) >= 11 is 5.63. The number of hydrogen-bond acceptors (Lipinski definition) is 4. The van der Waals surface area contributed by atoms with Crippen molar-refractivity contribution in [1.82, 2.24) is 0 Å². The molecule has 0 unspecified atom stereocenters. The van der Waals surface area contributed by atoms with Crippen LogP contribution in [0.3, 0.4) is 0 Å². The fraction of sp³-hybridized carbons (Fsp3) is 0.231. The van der Waals surface area contributed by atoms with E-state index in [0.717, 1.165) is 11.6 Å². The minimum atomic E-state index is -0.544. The maximum Gasteiger partial charge on any atom is 0.338 e. The predicted molar refractivity (Wildman–Crippen MR) is 67.4 cm³/mol. The quantitative estimate of drug-likeness (QED) is 0.344. The van der Waals surface area contributed by atoms with E-state index in [2.05, 4.69) is 11.3 Å². The van der Waals surface area contributed by atoms with Crippen molar-refractivity contribution in [3.05, 3.63) is 48.0 Å². The number of benzene rings is 1. The van der Waals surface area contributed by atoms with Gasteiger partial charge in [0, 0.05) is 12.0 Å². The Morgan fingerprint density at radius 1 is 1.17 bits per heavy atom. The Morgan fingerprint density at radius 2 is 1.78 bits per heavy atom. The van der Waals surface area contributed by atoms with E-state index < -0.39 is 11.9 Å². The van der Waals surface area contributed by atoms with Gasteiger partial charge in [-0.25, -0.2) is 9.59 Å². The normalized spacial score (nSPS) is 9.61. The molecule has 96 valence electrons. The van der Waals surface area contributed by atoms with E-state index in [1.807, 2.05) is 0 Å². The summed E-state index contributed by atoms with van der Waals surface area (Å²) in [7, 11) is 0. The second-order valence-electron chi connectivity index (χ2n) is 3.34. The third-order valence-electron chi connectivity index (χ3n) is 2.07. The Bertz CT molecular complexity index is 425. The largest absolute Gasteiger partial charge is 0.459 e. The number of hydrogen-bond donors (Lipinski definition) is 0. The molecule has 1 rings (SSSR count). The molecule has 0 bridgehead atoms. The van der Waals surface area contributed by atoms with Crippen LogP contribution in [0.25, 0.3) is 0 Å². The molecule has 18 heavy (non-hydrogen) atoms. The molecule has 0 aliphatic heterocycles. The number of esters is 2. The average Bonchev–Trinajstić information content (AvgIpc) is 2.43. The van der Waals surface area contributed by atoms with E-state index in [4.69, 9.17) is 16.3 Å². The second-order valence-corrected chi connectivity index (χ2v) is 3.61. The van der Waals surface area contributed by atoms with Crippen LogP contribution in [0.2, 0.25) is 0 Å². The zero-order valence-corrected chi connectivity index (χ0v) is 10.5. The highest BCUT2D eigenvalue weighted by molar-refractivity contribution is 6.17. The van der Waals surface area contributed by atoms with Crippen LogP contribution in [0.15, 0.2) is 36.9 Å². The Balaban J connectivity index is 2.36. The molecule has 0 heterocycles. The van der Waals surface area contributed by atoms with E-state index in [1.54, 1.807) is 24.3 Å². The van der Waals surface area contributed by atoms with Gasteiger partial charge >= 0.3 is 11.9 Å². The topological polar surface area (TPSA) is 52.6 Å². The minimum absolute atomic E-state index is 0.00959. The van der Waals surface area contributed by atoms with E-state index in [-0.39, 0.29) is 13.2 Å². The van der Waals surface area contributed by atoms with Gasteiger partial charge in [0.15, 0.2) is 0 Å². The summed E-state index contributed by atoms with van der Waals surface area (Å²) in [6, 6.07) is 6.77. The number of carbonyl (C=O) groups is 2. The van der Waals surface area contributed by atoms with Crippen molar-refractivity contribution in [2.24, 2.45) is 0 Å². The molecule has 0 N–H and O–H groups in total. The molecule has 0 saturated heterocycles. The fourth-order valence-electron chi connectivity index (χ4n) is 1.15. The molecule has 0 atom stereocenters. The van der Waals surface area contributed by atoms with E-state index in [1.165, 1.54) is 0 Å². The summed E-state index contributed by atoms with van der Waals surface area (Å²) in [4.78, 5) is 22.2. The van der Waals surface area contributed by atoms with Gasteiger partial charge in [0.2, 0.25) is 0 Å². The van der Waals surface area contributed by atoms with E-state index in [0.29, 0.717) is 11.4 Å². The zero-order valence-electron chi connectivity index (χ0n) is 9.73. The lowest BCUT2D eigenvalue weighted by Gasteiger charge is -2.05. The highest BCUT2D eigenvalue weighted by Crippen LogP contribution is 2.07. The molecule has 0 spiro atoms. The van der Waals surface area contributed by atoms with Crippen LogP contribution in [0.5, 0.6) is 0 Å². The minimum Gasteiger partial charge on any atom is -0.459 e.